The van der Waals surface area contributed by atoms with E-state index in [9.17, 15) is 0 Å². The zero-order valence-electron chi connectivity index (χ0n) is 7.46. The first-order valence-electron chi connectivity index (χ1n) is 4.91. The van der Waals surface area contributed by atoms with Crippen molar-refractivity contribution in [1.82, 2.24) is 0 Å². The summed E-state index contributed by atoms with van der Waals surface area (Å²) in [6.07, 6.45) is 12.3. The van der Waals surface area contributed by atoms with Gasteiger partial charge in [-0.3, -0.25) is 0 Å². The number of allylic oxidation sites excluding steroid dienone is 6. The lowest BCUT2D eigenvalue weighted by Crippen LogP contribution is -2.10. The molecule has 3 aliphatic rings. The van der Waals surface area contributed by atoms with Crippen LogP contribution in [0.25, 0.3) is 0 Å². The molecule has 3 rings (SSSR count). The second-order valence-corrected chi connectivity index (χ2v) is 4.33. The summed E-state index contributed by atoms with van der Waals surface area (Å²) >= 11 is 0. The molecule has 0 aromatic rings. The van der Waals surface area contributed by atoms with Crippen LogP contribution in [0.5, 0.6) is 0 Å². The van der Waals surface area contributed by atoms with Crippen molar-refractivity contribution < 1.29 is 0 Å². The lowest BCUT2D eigenvalue weighted by atomic mass is 9.82. The number of rotatable bonds is 0. The van der Waals surface area contributed by atoms with Gasteiger partial charge in [-0.05, 0) is 31.6 Å². The van der Waals surface area contributed by atoms with E-state index in [-0.39, 0.29) is 0 Å². The van der Waals surface area contributed by atoms with Crippen molar-refractivity contribution in [3.63, 3.8) is 0 Å². The molecule has 3 unspecified atom stereocenters. The molecule has 0 aromatic carbocycles. The number of hydrogen-bond donors (Lipinski definition) is 0. The van der Waals surface area contributed by atoms with E-state index in [1.165, 1.54) is 18.4 Å². The largest absolute Gasteiger partial charge is 0.0842 e. The van der Waals surface area contributed by atoms with Crippen LogP contribution in [0.15, 0.2) is 35.5 Å². The Kier molecular flexibility index (Phi) is 1.19. The maximum atomic E-state index is 2.43. The van der Waals surface area contributed by atoms with Crippen molar-refractivity contribution in [3.8, 4) is 0 Å². The van der Waals surface area contributed by atoms with E-state index in [0.717, 1.165) is 17.8 Å². The van der Waals surface area contributed by atoms with Gasteiger partial charge in [-0.2, -0.15) is 0 Å². The molecule has 62 valence electrons. The Balaban J connectivity index is 2.02. The molecule has 0 amide bonds. The highest BCUT2D eigenvalue weighted by molar-refractivity contribution is 5.39. The smallest absolute Gasteiger partial charge is 0.00178 e. The molecule has 0 spiro atoms. The topological polar surface area (TPSA) is 0 Å². The van der Waals surface area contributed by atoms with E-state index in [4.69, 9.17) is 0 Å². The molecule has 0 bridgehead atoms. The van der Waals surface area contributed by atoms with Crippen molar-refractivity contribution >= 4 is 0 Å². The van der Waals surface area contributed by atoms with E-state index in [1.807, 2.05) is 0 Å². The summed E-state index contributed by atoms with van der Waals surface area (Å²) in [5.41, 5.74) is 3.20. The molecular weight excluding hydrogens is 144 g/mol. The maximum Gasteiger partial charge on any atom is 0.00178 e. The van der Waals surface area contributed by atoms with Crippen molar-refractivity contribution in [2.45, 2.75) is 19.8 Å². The van der Waals surface area contributed by atoms with Crippen LogP contribution >= 0.6 is 0 Å². The molecule has 12 heavy (non-hydrogen) atoms. The molecular formula is C12H14. The van der Waals surface area contributed by atoms with Gasteiger partial charge in [0.15, 0.2) is 0 Å². The zero-order chi connectivity index (χ0) is 8.13. The molecule has 0 radical (unpaired) electrons. The molecule has 1 saturated carbocycles. The van der Waals surface area contributed by atoms with Crippen LogP contribution < -0.4 is 0 Å². The van der Waals surface area contributed by atoms with Gasteiger partial charge in [0.05, 0.1) is 0 Å². The first-order valence-corrected chi connectivity index (χ1v) is 4.91. The Morgan fingerprint density at radius 3 is 3.17 bits per heavy atom. The van der Waals surface area contributed by atoms with Crippen LogP contribution in [-0.4, -0.2) is 0 Å². The van der Waals surface area contributed by atoms with Gasteiger partial charge < -0.3 is 0 Å². The number of fused-ring (bicyclic) bond motifs is 3. The molecule has 1 fully saturated rings. The Labute approximate surface area is 73.7 Å². The average Bonchev–Trinajstić information content (AvgIpc) is 2.82. The standard InChI is InChI=1S/C12H14/c1-8-2-3-9-4-5-10-7-12(10)11(9)6-8/h2,4-6,9-10,12H,3,7H2,1H3. The highest BCUT2D eigenvalue weighted by Gasteiger charge is 2.42. The first-order chi connectivity index (χ1) is 5.84. The predicted octanol–water partition coefficient (Wildman–Crippen LogP) is 3.08. The monoisotopic (exact) mass is 158 g/mol. The van der Waals surface area contributed by atoms with Crippen LogP contribution in [0.3, 0.4) is 0 Å². The molecule has 0 nitrogen and oxygen atoms in total. The Morgan fingerprint density at radius 1 is 1.33 bits per heavy atom. The molecule has 3 atom stereocenters. The van der Waals surface area contributed by atoms with E-state index >= 15 is 0 Å². The molecule has 0 aliphatic heterocycles. The van der Waals surface area contributed by atoms with Crippen molar-refractivity contribution in [1.29, 1.82) is 0 Å². The van der Waals surface area contributed by atoms with Crippen LogP contribution in [0.4, 0.5) is 0 Å². The summed E-state index contributed by atoms with van der Waals surface area (Å²) in [6.45, 7) is 2.22. The number of hydrogen-bond acceptors (Lipinski definition) is 0. The van der Waals surface area contributed by atoms with Crippen LogP contribution in [0, 0.1) is 17.8 Å². The third-order valence-corrected chi connectivity index (χ3v) is 3.37. The van der Waals surface area contributed by atoms with E-state index < -0.39 is 0 Å². The Morgan fingerprint density at radius 2 is 2.25 bits per heavy atom. The summed E-state index contributed by atoms with van der Waals surface area (Å²) in [4.78, 5) is 0. The van der Waals surface area contributed by atoms with Crippen LogP contribution in [0.2, 0.25) is 0 Å². The van der Waals surface area contributed by atoms with Gasteiger partial charge in [0.1, 0.15) is 0 Å². The van der Waals surface area contributed by atoms with Gasteiger partial charge in [0.2, 0.25) is 0 Å². The Bertz CT molecular complexity index is 304. The van der Waals surface area contributed by atoms with Gasteiger partial charge in [0.25, 0.3) is 0 Å². The summed E-state index contributed by atoms with van der Waals surface area (Å²) in [6, 6.07) is 0. The van der Waals surface area contributed by atoms with E-state index in [2.05, 4.69) is 31.2 Å². The fraction of sp³-hybridized carbons (Fsp3) is 0.500. The molecule has 0 heteroatoms. The van der Waals surface area contributed by atoms with Gasteiger partial charge >= 0.3 is 0 Å². The lowest BCUT2D eigenvalue weighted by Gasteiger charge is -2.23. The lowest BCUT2D eigenvalue weighted by molar-refractivity contribution is 0.659. The predicted molar refractivity (Wildman–Crippen MR) is 50.7 cm³/mol. The van der Waals surface area contributed by atoms with Gasteiger partial charge in [-0.25, -0.2) is 0 Å². The summed E-state index contributed by atoms with van der Waals surface area (Å²) in [5.74, 6) is 2.61. The van der Waals surface area contributed by atoms with Crippen LogP contribution in [-0.2, 0) is 0 Å². The molecule has 0 heterocycles. The quantitative estimate of drug-likeness (QED) is 0.475. The zero-order valence-corrected chi connectivity index (χ0v) is 7.46. The highest BCUT2D eigenvalue weighted by atomic mass is 14.5. The van der Waals surface area contributed by atoms with E-state index in [0.29, 0.717) is 0 Å². The fourth-order valence-corrected chi connectivity index (χ4v) is 2.54. The molecule has 0 aromatic heterocycles. The summed E-state index contributed by atoms with van der Waals surface area (Å²) in [5, 5.41) is 0. The van der Waals surface area contributed by atoms with E-state index in [1.54, 1.807) is 5.57 Å². The molecule has 0 N–H and O–H groups in total. The third-order valence-electron chi connectivity index (χ3n) is 3.37. The third kappa shape index (κ3) is 0.841. The Hall–Kier alpha value is -0.780. The highest BCUT2D eigenvalue weighted by Crippen LogP contribution is 2.53. The SMILES string of the molecule is CC1=CCC2C=CC3CC3C2=C1. The van der Waals surface area contributed by atoms with Gasteiger partial charge in [-0.1, -0.05) is 35.5 Å². The minimum Gasteiger partial charge on any atom is -0.0842 e. The minimum absolute atomic E-state index is 0.762. The normalized spacial score (nSPS) is 42.6. The van der Waals surface area contributed by atoms with Gasteiger partial charge in [0, 0.05) is 5.92 Å². The van der Waals surface area contributed by atoms with Crippen LogP contribution in [0.1, 0.15) is 19.8 Å². The summed E-state index contributed by atoms with van der Waals surface area (Å²) < 4.78 is 0. The van der Waals surface area contributed by atoms with Crippen molar-refractivity contribution in [2.24, 2.45) is 17.8 Å². The molecule has 3 aliphatic carbocycles. The molecule has 0 saturated heterocycles. The average molecular weight is 158 g/mol. The van der Waals surface area contributed by atoms with Crippen molar-refractivity contribution in [2.75, 3.05) is 0 Å². The minimum atomic E-state index is 0.762. The maximum absolute atomic E-state index is 2.43. The second-order valence-electron chi connectivity index (χ2n) is 4.33. The fourth-order valence-electron chi connectivity index (χ4n) is 2.54. The van der Waals surface area contributed by atoms with Gasteiger partial charge in [-0.15, -0.1) is 0 Å². The first kappa shape index (κ1) is 6.71. The van der Waals surface area contributed by atoms with Crippen molar-refractivity contribution in [3.05, 3.63) is 35.5 Å². The second kappa shape index (κ2) is 2.12. The summed E-state index contributed by atoms with van der Waals surface area (Å²) in [7, 11) is 0.